The number of halogens is 1. The molecule has 0 aliphatic heterocycles. The van der Waals surface area contributed by atoms with Crippen LogP contribution in [-0.4, -0.2) is 17.1 Å². The summed E-state index contributed by atoms with van der Waals surface area (Å²) in [5, 5.41) is 14.8. The zero-order chi connectivity index (χ0) is 12.1. The van der Waals surface area contributed by atoms with Crippen LogP contribution >= 0.6 is 15.9 Å². The number of rotatable bonds is 4. The minimum atomic E-state index is -0.168. The summed E-state index contributed by atoms with van der Waals surface area (Å²) < 4.78 is 1.04. The van der Waals surface area contributed by atoms with E-state index in [-0.39, 0.29) is 17.9 Å². The predicted octanol–water partition coefficient (Wildman–Crippen LogP) is 2.23. The molecule has 0 aliphatic rings. The number of hydrogen-bond acceptors (Lipinski definition) is 3. The largest absolute Gasteiger partial charge is 0.409 e. The summed E-state index contributed by atoms with van der Waals surface area (Å²) in [6, 6.07) is 7.99. The number of benzene rings is 1. The van der Waals surface area contributed by atoms with Gasteiger partial charge >= 0.3 is 0 Å². The van der Waals surface area contributed by atoms with E-state index in [1.54, 1.807) is 0 Å². The van der Waals surface area contributed by atoms with E-state index in [0.717, 1.165) is 10.0 Å². The van der Waals surface area contributed by atoms with Crippen LogP contribution in [0, 0.1) is 0 Å². The molecule has 5 heteroatoms. The summed E-state index contributed by atoms with van der Waals surface area (Å²) in [6.45, 7) is 3.88. The maximum absolute atomic E-state index is 8.55. The van der Waals surface area contributed by atoms with Crippen molar-refractivity contribution in [2.75, 3.05) is 0 Å². The number of nitrogens with two attached hydrogens (primary N) is 1. The van der Waals surface area contributed by atoms with Gasteiger partial charge in [0.1, 0.15) is 0 Å². The van der Waals surface area contributed by atoms with Crippen LogP contribution in [0.4, 0.5) is 0 Å². The topological polar surface area (TPSA) is 70.6 Å². The zero-order valence-corrected chi connectivity index (χ0v) is 10.9. The Hall–Kier alpha value is -1.07. The Kier molecular flexibility index (Phi) is 4.76. The van der Waals surface area contributed by atoms with E-state index in [0.29, 0.717) is 0 Å². The molecule has 0 saturated heterocycles. The number of nitrogens with one attached hydrogen (secondary N) is 1. The van der Waals surface area contributed by atoms with Crippen LogP contribution in [0.3, 0.4) is 0 Å². The molecule has 0 spiro atoms. The Labute approximate surface area is 104 Å². The maximum Gasteiger partial charge on any atom is 0.156 e. The van der Waals surface area contributed by atoms with Gasteiger partial charge in [-0.15, -0.1) is 0 Å². The third kappa shape index (κ3) is 3.50. The monoisotopic (exact) mass is 285 g/mol. The Morgan fingerprint density at radius 1 is 1.50 bits per heavy atom. The smallest absolute Gasteiger partial charge is 0.156 e. The Bertz CT molecular complexity index is 381. The molecule has 0 aliphatic carbocycles. The van der Waals surface area contributed by atoms with Gasteiger partial charge in [0.05, 0.1) is 6.04 Å². The molecule has 16 heavy (non-hydrogen) atoms. The highest BCUT2D eigenvalue weighted by molar-refractivity contribution is 9.10. The van der Waals surface area contributed by atoms with Crippen molar-refractivity contribution in [1.29, 1.82) is 0 Å². The third-order valence-corrected chi connectivity index (χ3v) is 2.90. The van der Waals surface area contributed by atoms with Crippen LogP contribution in [0.2, 0.25) is 0 Å². The van der Waals surface area contributed by atoms with Gasteiger partial charge in [-0.05, 0) is 31.5 Å². The summed E-state index contributed by atoms with van der Waals surface area (Å²) in [7, 11) is 0. The molecule has 1 aromatic carbocycles. The molecule has 0 heterocycles. The highest BCUT2D eigenvalue weighted by atomic mass is 79.9. The number of oxime groups is 1. The molecular formula is C11H16BrN3O. The molecule has 1 aromatic rings. The van der Waals surface area contributed by atoms with Crippen molar-refractivity contribution < 1.29 is 5.21 Å². The van der Waals surface area contributed by atoms with Crippen molar-refractivity contribution in [3.63, 3.8) is 0 Å². The first-order valence-electron chi connectivity index (χ1n) is 5.03. The predicted molar refractivity (Wildman–Crippen MR) is 68.6 cm³/mol. The molecule has 0 radical (unpaired) electrons. The van der Waals surface area contributed by atoms with Crippen LogP contribution in [0.5, 0.6) is 0 Å². The van der Waals surface area contributed by atoms with E-state index in [2.05, 4.69) is 26.4 Å². The van der Waals surface area contributed by atoms with Crippen molar-refractivity contribution in [2.24, 2.45) is 10.9 Å². The van der Waals surface area contributed by atoms with Gasteiger partial charge in [0, 0.05) is 10.5 Å². The fourth-order valence-corrected chi connectivity index (χ4v) is 1.84. The van der Waals surface area contributed by atoms with Crippen LogP contribution in [0.25, 0.3) is 0 Å². The van der Waals surface area contributed by atoms with Crippen LogP contribution < -0.4 is 11.1 Å². The maximum atomic E-state index is 8.55. The minimum absolute atomic E-state index is 0.132. The van der Waals surface area contributed by atoms with Crippen molar-refractivity contribution in [3.05, 3.63) is 34.3 Å². The quantitative estimate of drug-likeness (QED) is 0.344. The van der Waals surface area contributed by atoms with Crippen molar-refractivity contribution >= 4 is 21.8 Å². The van der Waals surface area contributed by atoms with Gasteiger partial charge in [-0.2, -0.15) is 0 Å². The van der Waals surface area contributed by atoms with Crippen LogP contribution in [-0.2, 0) is 0 Å². The fraction of sp³-hybridized carbons (Fsp3) is 0.364. The Morgan fingerprint density at radius 3 is 2.75 bits per heavy atom. The van der Waals surface area contributed by atoms with E-state index in [1.807, 2.05) is 38.1 Å². The first-order chi connectivity index (χ1) is 7.54. The Morgan fingerprint density at radius 2 is 2.19 bits per heavy atom. The summed E-state index contributed by atoms with van der Waals surface area (Å²) in [4.78, 5) is 0. The number of amidine groups is 1. The lowest BCUT2D eigenvalue weighted by Gasteiger charge is -2.19. The van der Waals surface area contributed by atoms with E-state index < -0.39 is 0 Å². The lowest BCUT2D eigenvalue weighted by molar-refractivity contribution is 0.314. The third-order valence-electron chi connectivity index (χ3n) is 2.41. The van der Waals surface area contributed by atoms with Gasteiger partial charge in [0.15, 0.2) is 5.84 Å². The minimum Gasteiger partial charge on any atom is -0.409 e. The average molecular weight is 286 g/mol. The summed E-state index contributed by atoms with van der Waals surface area (Å²) in [5.74, 6) is 0.182. The van der Waals surface area contributed by atoms with Gasteiger partial charge in [0.2, 0.25) is 0 Å². The van der Waals surface area contributed by atoms with Crippen LogP contribution in [0.15, 0.2) is 33.9 Å². The molecule has 0 aromatic heterocycles. The number of nitrogens with zero attached hydrogens (tertiary/aromatic N) is 1. The molecule has 0 amide bonds. The van der Waals surface area contributed by atoms with Gasteiger partial charge in [0.25, 0.3) is 0 Å². The highest BCUT2D eigenvalue weighted by Crippen LogP contribution is 2.18. The molecule has 0 bridgehead atoms. The molecule has 88 valence electrons. The second kappa shape index (κ2) is 5.86. The zero-order valence-electron chi connectivity index (χ0n) is 9.31. The van der Waals surface area contributed by atoms with Crippen molar-refractivity contribution in [3.8, 4) is 0 Å². The van der Waals surface area contributed by atoms with Crippen molar-refractivity contribution in [2.45, 2.75) is 25.9 Å². The van der Waals surface area contributed by atoms with Gasteiger partial charge in [-0.3, -0.25) is 0 Å². The van der Waals surface area contributed by atoms with Gasteiger partial charge in [-0.25, -0.2) is 0 Å². The molecule has 0 fully saturated rings. The molecule has 1 rings (SSSR count). The standard InChI is InChI=1S/C11H16BrN3O/c1-7(14-8(2)11(13)15-16)9-4-3-5-10(12)6-9/h3-8,14,16H,1-2H3,(H2,13,15). The first kappa shape index (κ1) is 13.0. The Balaban J connectivity index is 2.69. The van der Waals surface area contributed by atoms with Gasteiger partial charge in [-0.1, -0.05) is 33.2 Å². The second-order valence-electron chi connectivity index (χ2n) is 3.69. The van der Waals surface area contributed by atoms with E-state index in [4.69, 9.17) is 10.9 Å². The lowest BCUT2D eigenvalue weighted by Crippen LogP contribution is -2.40. The average Bonchev–Trinajstić information content (AvgIpc) is 2.27. The van der Waals surface area contributed by atoms with E-state index in [1.165, 1.54) is 0 Å². The lowest BCUT2D eigenvalue weighted by atomic mass is 10.1. The van der Waals surface area contributed by atoms with Crippen molar-refractivity contribution in [1.82, 2.24) is 5.32 Å². The number of hydrogen-bond donors (Lipinski definition) is 3. The second-order valence-corrected chi connectivity index (χ2v) is 4.61. The highest BCUT2D eigenvalue weighted by Gasteiger charge is 2.12. The summed E-state index contributed by atoms with van der Waals surface area (Å²) >= 11 is 3.42. The summed E-state index contributed by atoms with van der Waals surface area (Å²) in [5.41, 5.74) is 6.65. The van der Waals surface area contributed by atoms with Crippen LogP contribution in [0.1, 0.15) is 25.5 Å². The molecule has 2 unspecified atom stereocenters. The molecule has 2 atom stereocenters. The molecule has 0 saturated carbocycles. The normalized spacial score (nSPS) is 15.8. The fourth-order valence-electron chi connectivity index (χ4n) is 1.42. The first-order valence-corrected chi connectivity index (χ1v) is 5.83. The SMILES string of the molecule is CC(NC(C)c1cccc(Br)c1)C(N)=NO. The molecule has 4 nitrogen and oxygen atoms in total. The van der Waals surface area contributed by atoms with E-state index in [9.17, 15) is 0 Å². The molecular weight excluding hydrogens is 270 g/mol. The van der Waals surface area contributed by atoms with E-state index >= 15 is 0 Å². The summed E-state index contributed by atoms with van der Waals surface area (Å²) in [6.07, 6.45) is 0. The van der Waals surface area contributed by atoms with Gasteiger partial charge < -0.3 is 16.3 Å². The molecule has 4 N–H and O–H groups in total.